The third-order valence-corrected chi connectivity index (χ3v) is 2.13. The fourth-order valence-corrected chi connectivity index (χ4v) is 0.980. The summed E-state index contributed by atoms with van der Waals surface area (Å²) in [5.41, 5.74) is -1.09. The van der Waals surface area contributed by atoms with Gasteiger partial charge in [0.2, 0.25) is 11.8 Å². The van der Waals surface area contributed by atoms with Crippen LogP contribution in [0.25, 0.3) is 0 Å². The Morgan fingerprint density at radius 3 is 2.19 bits per heavy atom. The number of hydrogen-bond donors (Lipinski definition) is 3. The topological polar surface area (TPSA) is 95.5 Å². The minimum Gasteiger partial charge on any atom is -0.481 e. The monoisotopic (exact) mass is 230 g/mol. The number of carbonyl (C=O) groups excluding carboxylic acids is 2. The lowest BCUT2D eigenvalue weighted by atomic mass is 9.89. The Hall–Kier alpha value is -1.59. The van der Waals surface area contributed by atoms with E-state index in [1.807, 2.05) is 0 Å². The van der Waals surface area contributed by atoms with Crippen molar-refractivity contribution in [3.63, 3.8) is 0 Å². The molecule has 6 heteroatoms. The maximum atomic E-state index is 11.3. The predicted octanol–water partition coefficient (Wildman–Crippen LogP) is -0.260. The smallest absolute Gasteiger partial charge is 0.309 e. The number of carbonyl (C=O) groups is 3. The highest BCUT2D eigenvalue weighted by molar-refractivity contribution is 5.84. The highest BCUT2D eigenvalue weighted by Crippen LogP contribution is 2.19. The molecule has 0 atom stereocenters. The maximum absolute atomic E-state index is 11.3. The van der Waals surface area contributed by atoms with Crippen molar-refractivity contribution >= 4 is 17.8 Å². The van der Waals surface area contributed by atoms with Crippen LogP contribution in [0.2, 0.25) is 0 Å². The molecular formula is C10H18N2O4. The van der Waals surface area contributed by atoms with Gasteiger partial charge in [-0.25, -0.2) is 0 Å². The van der Waals surface area contributed by atoms with Crippen LogP contribution in [-0.2, 0) is 14.4 Å². The lowest BCUT2D eigenvalue weighted by Crippen LogP contribution is -2.35. The summed E-state index contributed by atoms with van der Waals surface area (Å²) in [6.07, 6.45) is 0.0891. The minimum atomic E-state index is -1.09. The average Bonchev–Trinajstić information content (AvgIpc) is 2.16. The first-order valence-electron chi connectivity index (χ1n) is 5.00. The highest BCUT2D eigenvalue weighted by Gasteiger charge is 2.29. The van der Waals surface area contributed by atoms with E-state index in [1.165, 1.54) is 20.9 Å². The summed E-state index contributed by atoms with van der Waals surface area (Å²) in [6.45, 7) is 3.18. The largest absolute Gasteiger partial charge is 0.481 e. The zero-order valence-corrected chi connectivity index (χ0v) is 9.79. The second-order valence-corrected chi connectivity index (χ2v) is 4.14. The third-order valence-electron chi connectivity index (χ3n) is 2.13. The second kappa shape index (κ2) is 6.09. The van der Waals surface area contributed by atoms with Crippen LogP contribution in [0.4, 0.5) is 0 Å². The molecule has 3 N–H and O–H groups in total. The fourth-order valence-electron chi connectivity index (χ4n) is 0.980. The molecule has 0 bridgehead atoms. The van der Waals surface area contributed by atoms with E-state index in [-0.39, 0.29) is 31.2 Å². The molecule has 0 aliphatic rings. The van der Waals surface area contributed by atoms with Gasteiger partial charge in [0.25, 0.3) is 0 Å². The van der Waals surface area contributed by atoms with Crippen LogP contribution in [0.5, 0.6) is 0 Å². The van der Waals surface area contributed by atoms with Crippen LogP contribution in [0.15, 0.2) is 0 Å². The van der Waals surface area contributed by atoms with Gasteiger partial charge in [0.15, 0.2) is 0 Å². The van der Waals surface area contributed by atoms with Crippen molar-refractivity contribution in [2.75, 3.05) is 13.6 Å². The van der Waals surface area contributed by atoms with E-state index in [4.69, 9.17) is 5.11 Å². The van der Waals surface area contributed by atoms with Gasteiger partial charge in [-0.05, 0) is 13.8 Å². The van der Waals surface area contributed by atoms with Gasteiger partial charge in [-0.3, -0.25) is 14.4 Å². The summed E-state index contributed by atoms with van der Waals surface area (Å²) in [5.74, 6) is -1.55. The Bertz CT molecular complexity index is 287. The maximum Gasteiger partial charge on any atom is 0.309 e. The number of aliphatic carboxylic acids is 1. The molecule has 0 radical (unpaired) electrons. The summed E-state index contributed by atoms with van der Waals surface area (Å²) in [7, 11) is 1.51. The van der Waals surface area contributed by atoms with E-state index in [0.717, 1.165) is 0 Å². The SMILES string of the molecule is CNC(=O)CCNC(=O)CC(C)(C)C(=O)O. The van der Waals surface area contributed by atoms with E-state index in [2.05, 4.69) is 10.6 Å². The first-order chi connectivity index (χ1) is 7.29. The molecular weight excluding hydrogens is 212 g/mol. The highest BCUT2D eigenvalue weighted by atomic mass is 16.4. The predicted molar refractivity (Wildman–Crippen MR) is 57.7 cm³/mol. The summed E-state index contributed by atoms with van der Waals surface area (Å²) in [5, 5.41) is 13.7. The Kier molecular flexibility index (Phi) is 5.49. The first-order valence-corrected chi connectivity index (χ1v) is 5.00. The molecule has 16 heavy (non-hydrogen) atoms. The molecule has 0 heterocycles. The van der Waals surface area contributed by atoms with Gasteiger partial charge < -0.3 is 15.7 Å². The molecule has 92 valence electrons. The molecule has 0 unspecified atom stereocenters. The first kappa shape index (κ1) is 14.4. The summed E-state index contributed by atoms with van der Waals surface area (Å²) in [6, 6.07) is 0. The average molecular weight is 230 g/mol. The Balaban J connectivity index is 3.92. The molecule has 0 saturated carbocycles. The van der Waals surface area contributed by atoms with Crippen LogP contribution in [0.3, 0.4) is 0 Å². The number of hydrogen-bond acceptors (Lipinski definition) is 3. The van der Waals surface area contributed by atoms with Crippen molar-refractivity contribution in [3.8, 4) is 0 Å². The zero-order valence-electron chi connectivity index (χ0n) is 9.79. The number of nitrogens with one attached hydrogen (secondary N) is 2. The summed E-state index contributed by atoms with van der Waals surface area (Å²) < 4.78 is 0. The van der Waals surface area contributed by atoms with Gasteiger partial charge in [-0.1, -0.05) is 0 Å². The van der Waals surface area contributed by atoms with Crippen molar-refractivity contribution < 1.29 is 19.5 Å². The molecule has 0 spiro atoms. The number of carboxylic acids is 1. The van der Waals surface area contributed by atoms with E-state index in [9.17, 15) is 14.4 Å². The normalized spacial score (nSPS) is 10.7. The number of rotatable bonds is 6. The lowest BCUT2D eigenvalue weighted by molar-refractivity contribution is -0.149. The van der Waals surface area contributed by atoms with Gasteiger partial charge in [-0.15, -0.1) is 0 Å². The Morgan fingerprint density at radius 2 is 1.75 bits per heavy atom. The molecule has 6 nitrogen and oxygen atoms in total. The van der Waals surface area contributed by atoms with Crippen molar-refractivity contribution in [2.24, 2.45) is 5.41 Å². The van der Waals surface area contributed by atoms with Gasteiger partial charge in [0, 0.05) is 26.4 Å². The van der Waals surface area contributed by atoms with Gasteiger partial charge in [-0.2, -0.15) is 0 Å². The van der Waals surface area contributed by atoms with Crippen LogP contribution in [-0.4, -0.2) is 36.5 Å². The van der Waals surface area contributed by atoms with Crippen LogP contribution < -0.4 is 10.6 Å². The van der Waals surface area contributed by atoms with Crippen LogP contribution in [0, 0.1) is 5.41 Å². The molecule has 0 rings (SSSR count). The standard InChI is InChI=1S/C10H18N2O4/c1-10(2,9(15)16)6-8(14)12-5-4-7(13)11-3/h4-6H2,1-3H3,(H,11,13)(H,12,14)(H,15,16). The van der Waals surface area contributed by atoms with Crippen molar-refractivity contribution in [2.45, 2.75) is 26.7 Å². The Labute approximate surface area is 94.4 Å². The minimum absolute atomic E-state index is 0.101. The van der Waals surface area contributed by atoms with Crippen molar-refractivity contribution in [3.05, 3.63) is 0 Å². The summed E-state index contributed by atoms with van der Waals surface area (Å²) in [4.78, 5) is 32.9. The van der Waals surface area contributed by atoms with Gasteiger partial charge in [0.05, 0.1) is 5.41 Å². The zero-order chi connectivity index (χ0) is 12.8. The number of carboxylic acid groups (broad SMARTS) is 1. The van der Waals surface area contributed by atoms with Crippen molar-refractivity contribution in [1.82, 2.24) is 10.6 Å². The van der Waals surface area contributed by atoms with Crippen molar-refractivity contribution in [1.29, 1.82) is 0 Å². The van der Waals surface area contributed by atoms with E-state index >= 15 is 0 Å². The van der Waals surface area contributed by atoms with E-state index < -0.39 is 11.4 Å². The number of amides is 2. The molecule has 0 saturated heterocycles. The second-order valence-electron chi connectivity index (χ2n) is 4.14. The molecule has 0 aromatic rings. The molecule has 0 fully saturated rings. The summed E-state index contributed by atoms with van der Waals surface area (Å²) >= 11 is 0. The van der Waals surface area contributed by atoms with Gasteiger partial charge in [0.1, 0.15) is 0 Å². The Morgan fingerprint density at radius 1 is 1.19 bits per heavy atom. The third kappa shape index (κ3) is 5.33. The molecule has 0 aromatic carbocycles. The molecule has 0 aliphatic heterocycles. The fraction of sp³-hybridized carbons (Fsp3) is 0.700. The van der Waals surface area contributed by atoms with E-state index in [1.54, 1.807) is 0 Å². The van der Waals surface area contributed by atoms with Crippen LogP contribution in [0.1, 0.15) is 26.7 Å². The molecule has 0 aromatic heterocycles. The van der Waals surface area contributed by atoms with Crippen LogP contribution >= 0.6 is 0 Å². The molecule has 2 amide bonds. The quantitative estimate of drug-likeness (QED) is 0.585. The lowest BCUT2D eigenvalue weighted by Gasteiger charge is -2.17. The van der Waals surface area contributed by atoms with Gasteiger partial charge >= 0.3 is 5.97 Å². The molecule has 0 aliphatic carbocycles. The van der Waals surface area contributed by atoms with E-state index in [0.29, 0.717) is 0 Å².